The number of rotatable bonds is 14. The van der Waals surface area contributed by atoms with Crippen LogP contribution in [0.2, 0.25) is 0 Å². The summed E-state index contributed by atoms with van der Waals surface area (Å²) in [6, 6.07) is 30.1. The van der Waals surface area contributed by atoms with Crippen LogP contribution in [0.15, 0.2) is 84.9 Å². The quantitative estimate of drug-likeness (QED) is 0.0915. The van der Waals surface area contributed by atoms with Crippen molar-refractivity contribution in [1.29, 1.82) is 0 Å². The summed E-state index contributed by atoms with van der Waals surface area (Å²) in [5, 5.41) is 2.19. The number of anilines is 8. The Bertz CT molecular complexity index is 1560. The van der Waals surface area contributed by atoms with Crippen molar-refractivity contribution in [3.05, 3.63) is 96.1 Å². The number of hydrogen-bond acceptors (Lipinski definition) is 8. The third kappa shape index (κ3) is 10.2. The predicted octanol–water partition coefficient (Wildman–Crippen LogP) is 8.42. The Hall–Kier alpha value is -4.56. The number of nitrogens with zero attached hydrogens (tertiary/aromatic N) is 5. The molecule has 0 saturated carbocycles. The van der Waals surface area contributed by atoms with E-state index in [0.717, 1.165) is 47.0 Å². The van der Waals surface area contributed by atoms with Gasteiger partial charge in [-0.05, 0) is 103 Å². The maximum atomic E-state index is 6.59. The van der Waals surface area contributed by atoms with Gasteiger partial charge in [0.15, 0.2) is 0 Å². The van der Waals surface area contributed by atoms with Gasteiger partial charge < -0.3 is 31.1 Å². The minimum atomic E-state index is 0.258. The van der Waals surface area contributed by atoms with Gasteiger partial charge in [-0.25, -0.2) is 5.43 Å². The molecule has 0 fully saturated rings. The molecule has 0 aliphatic heterocycles. The summed E-state index contributed by atoms with van der Waals surface area (Å²) in [4.78, 5) is 8.43. The first-order chi connectivity index (χ1) is 23.3. The Morgan fingerprint density at radius 3 is 1.41 bits per heavy atom. The molecule has 0 aliphatic rings. The average molecular weight is 667 g/mol. The van der Waals surface area contributed by atoms with Crippen LogP contribution in [0.4, 0.5) is 45.5 Å². The lowest BCUT2D eigenvalue weighted by Gasteiger charge is -2.33. The van der Waals surface area contributed by atoms with E-state index in [1.54, 1.807) is 0 Å². The second-order valence-electron chi connectivity index (χ2n) is 13.6. The van der Waals surface area contributed by atoms with Crippen molar-refractivity contribution in [2.45, 2.75) is 45.4 Å². The monoisotopic (exact) mass is 667 g/mol. The Morgan fingerprint density at radius 2 is 0.980 bits per heavy atom. The van der Waals surface area contributed by atoms with Crippen LogP contribution in [-0.4, -0.2) is 63.4 Å². The molecule has 0 radical (unpaired) electrons. The lowest BCUT2D eigenvalue weighted by atomic mass is 9.76. The van der Waals surface area contributed by atoms with Crippen LogP contribution in [0.25, 0.3) is 0 Å². The fraction of sp³-hybridized carbons (Fsp3) is 0.415. The van der Waals surface area contributed by atoms with Crippen LogP contribution in [-0.2, 0) is 0 Å². The molecule has 0 aliphatic carbocycles. The third-order valence-electron chi connectivity index (χ3n) is 9.02. The van der Waals surface area contributed by atoms with Gasteiger partial charge in [0, 0.05) is 86.4 Å². The van der Waals surface area contributed by atoms with Crippen molar-refractivity contribution >= 4 is 45.5 Å². The molecule has 0 aromatic heterocycles. The molecule has 1 unspecified atom stereocenters. The number of nitrogens with two attached hydrogens (primary N) is 2. The van der Waals surface area contributed by atoms with Gasteiger partial charge in [0.2, 0.25) is 0 Å². The Labute approximate surface area is 297 Å². The SMILES string of the molecule is CCCC(CCC)C(c1ccc(N(C)C)c(N)c1)c1ccc(N(C)C)c(N(NC)c2ccc(N(C)C)cc2)c1.CN(C)c1ccc(N)cc1. The zero-order chi connectivity index (χ0) is 36.2. The minimum absolute atomic E-state index is 0.258. The molecule has 266 valence electrons. The van der Waals surface area contributed by atoms with Gasteiger partial charge in [-0.1, -0.05) is 38.8 Å². The first-order valence-electron chi connectivity index (χ1n) is 17.5. The molecule has 4 aromatic rings. The Kier molecular flexibility index (Phi) is 14.5. The number of nitrogen functional groups attached to an aromatic ring is 2. The van der Waals surface area contributed by atoms with Gasteiger partial charge in [0.1, 0.15) is 0 Å². The molecule has 8 nitrogen and oxygen atoms in total. The van der Waals surface area contributed by atoms with E-state index in [1.807, 2.05) is 64.4 Å². The molecule has 1 atom stereocenters. The predicted molar refractivity (Wildman–Crippen MR) is 218 cm³/mol. The molecule has 4 aromatic carbocycles. The smallest absolute Gasteiger partial charge is 0.0813 e. The maximum absolute atomic E-state index is 6.59. The van der Waals surface area contributed by atoms with Gasteiger partial charge in [0.05, 0.1) is 28.4 Å². The molecule has 4 rings (SSSR count). The first kappa shape index (κ1) is 38.9. The van der Waals surface area contributed by atoms with E-state index >= 15 is 0 Å². The first-order valence-corrected chi connectivity index (χ1v) is 17.5. The third-order valence-corrected chi connectivity index (χ3v) is 9.02. The molecule has 0 bridgehead atoms. The van der Waals surface area contributed by atoms with Crippen molar-refractivity contribution in [2.75, 3.05) is 99.5 Å². The van der Waals surface area contributed by atoms with E-state index in [2.05, 4.69) is 128 Å². The van der Waals surface area contributed by atoms with Crippen LogP contribution >= 0.6 is 0 Å². The fourth-order valence-electron chi connectivity index (χ4n) is 6.48. The van der Waals surface area contributed by atoms with Crippen LogP contribution in [0.3, 0.4) is 0 Å². The van der Waals surface area contributed by atoms with E-state index in [-0.39, 0.29) is 5.92 Å². The maximum Gasteiger partial charge on any atom is 0.0813 e. The van der Waals surface area contributed by atoms with Crippen molar-refractivity contribution in [3.8, 4) is 0 Å². The molecular weight excluding hydrogens is 605 g/mol. The Morgan fingerprint density at radius 1 is 0.531 bits per heavy atom. The molecule has 0 spiro atoms. The largest absolute Gasteiger partial charge is 0.399 e. The number of hydrazine groups is 1. The second kappa shape index (κ2) is 18.3. The summed E-state index contributed by atoms with van der Waals surface area (Å²) in [5.74, 6) is 0.790. The van der Waals surface area contributed by atoms with Gasteiger partial charge in [-0.15, -0.1) is 0 Å². The zero-order valence-electron chi connectivity index (χ0n) is 32.0. The highest BCUT2D eigenvalue weighted by Gasteiger charge is 2.27. The molecule has 5 N–H and O–H groups in total. The zero-order valence-corrected chi connectivity index (χ0v) is 32.0. The molecule has 0 amide bonds. The number of hydrogen-bond donors (Lipinski definition) is 3. The van der Waals surface area contributed by atoms with Gasteiger partial charge >= 0.3 is 0 Å². The fourth-order valence-corrected chi connectivity index (χ4v) is 6.48. The van der Waals surface area contributed by atoms with Crippen molar-refractivity contribution in [2.24, 2.45) is 5.92 Å². The van der Waals surface area contributed by atoms with Crippen LogP contribution in [0, 0.1) is 5.92 Å². The highest BCUT2D eigenvalue weighted by Crippen LogP contribution is 2.43. The summed E-state index contributed by atoms with van der Waals surface area (Å²) in [6.07, 6.45) is 4.69. The van der Waals surface area contributed by atoms with Gasteiger partial charge in [-0.3, -0.25) is 5.01 Å². The average Bonchev–Trinajstić information content (AvgIpc) is 3.06. The van der Waals surface area contributed by atoms with Crippen molar-refractivity contribution < 1.29 is 0 Å². The molecule has 49 heavy (non-hydrogen) atoms. The van der Waals surface area contributed by atoms with E-state index in [4.69, 9.17) is 11.5 Å². The minimum Gasteiger partial charge on any atom is -0.399 e. The Balaban J connectivity index is 0.000000555. The summed E-state index contributed by atoms with van der Waals surface area (Å²) in [7, 11) is 18.4. The summed E-state index contributed by atoms with van der Waals surface area (Å²) in [6.45, 7) is 4.59. The second-order valence-corrected chi connectivity index (χ2v) is 13.6. The van der Waals surface area contributed by atoms with E-state index < -0.39 is 0 Å². The van der Waals surface area contributed by atoms with Crippen LogP contribution in [0.5, 0.6) is 0 Å². The molecule has 8 heteroatoms. The molecular formula is C41H62N8. The van der Waals surface area contributed by atoms with Crippen molar-refractivity contribution in [3.63, 3.8) is 0 Å². The summed E-state index contributed by atoms with van der Waals surface area (Å²) >= 11 is 0. The number of benzene rings is 4. The summed E-state index contributed by atoms with van der Waals surface area (Å²) in [5.41, 5.74) is 26.6. The van der Waals surface area contributed by atoms with E-state index in [1.165, 1.54) is 35.3 Å². The van der Waals surface area contributed by atoms with Gasteiger partial charge in [0.25, 0.3) is 0 Å². The van der Waals surface area contributed by atoms with Crippen molar-refractivity contribution in [1.82, 2.24) is 5.43 Å². The topological polar surface area (TPSA) is 80.3 Å². The standard InChI is InChI=1S/C33H50N6.C8H12N2/c1-10-12-24(13-11-2)33(25-14-20-30(37(6)7)29(34)22-25)26-15-21-31(38(8)9)32(23-26)39(35-3)28-18-16-27(17-19-28)36(4)5;1-10(2)8-5-3-7(9)4-6-8/h14-24,33,35H,10-13,34H2,1-9H3;3-6H,9H2,1-2H3. The van der Waals surface area contributed by atoms with Crippen LogP contribution < -0.4 is 41.5 Å². The summed E-state index contributed by atoms with van der Waals surface area (Å²) < 4.78 is 0. The highest BCUT2D eigenvalue weighted by atomic mass is 15.5. The van der Waals surface area contributed by atoms with E-state index in [9.17, 15) is 0 Å². The lowest BCUT2D eigenvalue weighted by molar-refractivity contribution is 0.396. The molecule has 0 saturated heterocycles. The normalized spacial score (nSPS) is 11.4. The van der Waals surface area contributed by atoms with E-state index in [0.29, 0.717) is 5.92 Å². The van der Waals surface area contributed by atoms with Crippen LogP contribution in [0.1, 0.15) is 56.6 Å². The highest BCUT2D eigenvalue weighted by molar-refractivity contribution is 5.78. The molecule has 0 heterocycles. The van der Waals surface area contributed by atoms with Gasteiger partial charge in [-0.2, -0.15) is 0 Å². The lowest BCUT2D eigenvalue weighted by Crippen LogP contribution is -2.32. The number of nitrogens with one attached hydrogen (secondary N) is 1.